The molecule has 4 fully saturated rings. The molecule has 4 heteroatoms. The number of amides is 1. The zero-order valence-corrected chi connectivity index (χ0v) is 13.8. The van der Waals surface area contributed by atoms with Crippen molar-refractivity contribution in [3.05, 3.63) is 37.0 Å². The van der Waals surface area contributed by atoms with Gasteiger partial charge in [0.2, 0.25) is 0 Å². The van der Waals surface area contributed by atoms with Gasteiger partial charge < -0.3 is 15.8 Å². The highest BCUT2D eigenvalue weighted by atomic mass is 16.5. The van der Waals surface area contributed by atoms with Gasteiger partial charge in [-0.05, 0) is 60.8 Å². The number of ether oxygens (including phenoxy) is 1. The molecule has 4 saturated carbocycles. The highest BCUT2D eigenvalue weighted by Crippen LogP contribution is 2.59. The van der Waals surface area contributed by atoms with Gasteiger partial charge in [-0.3, -0.25) is 0 Å². The number of nitrogens with one attached hydrogen (secondary N) is 1. The third-order valence-electron chi connectivity index (χ3n) is 6.04. The van der Waals surface area contributed by atoms with Gasteiger partial charge in [-0.15, -0.1) is 0 Å². The summed E-state index contributed by atoms with van der Waals surface area (Å²) in [6, 6.07) is 0.380. The number of allylic oxidation sites excluding steroid dienone is 2. The van der Waals surface area contributed by atoms with Crippen LogP contribution in [0.25, 0.3) is 0 Å². The quantitative estimate of drug-likeness (QED) is 0.740. The summed E-state index contributed by atoms with van der Waals surface area (Å²) in [5, 5.41) is 2.99. The first-order chi connectivity index (χ1) is 11.0. The molecule has 2 unspecified atom stereocenters. The standard InChI is InChI=1S/C19H28N2O2/c1-3-5-13(4-2)11-23-18(22)21-12-19-8-14-6-15(9-19)17(20)16(7-14)10-19/h3-5,14-17H,1-2,6-12,20H2,(H,21,22)/b13-5+. The van der Waals surface area contributed by atoms with Crippen LogP contribution in [0.1, 0.15) is 32.1 Å². The van der Waals surface area contributed by atoms with E-state index in [0.717, 1.165) is 30.9 Å². The second-order valence-corrected chi connectivity index (χ2v) is 7.66. The van der Waals surface area contributed by atoms with E-state index >= 15 is 0 Å². The third-order valence-corrected chi connectivity index (χ3v) is 6.04. The molecule has 0 heterocycles. The predicted molar refractivity (Wildman–Crippen MR) is 91.8 cm³/mol. The molecule has 0 aromatic rings. The molecule has 4 rings (SSSR count). The van der Waals surface area contributed by atoms with Gasteiger partial charge in [0, 0.05) is 12.6 Å². The smallest absolute Gasteiger partial charge is 0.407 e. The number of hydrogen-bond acceptors (Lipinski definition) is 3. The molecule has 1 amide bonds. The minimum absolute atomic E-state index is 0.229. The number of nitrogens with two attached hydrogens (primary N) is 1. The molecule has 0 radical (unpaired) electrons. The van der Waals surface area contributed by atoms with Crippen molar-refractivity contribution in [2.24, 2.45) is 28.9 Å². The Balaban J connectivity index is 1.50. The average molecular weight is 316 g/mol. The molecular formula is C19H28N2O2. The van der Waals surface area contributed by atoms with Crippen molar-refractivity contribution >= 4 is 6.09 Å². The minimum Gasteiger partial charge on any atom is -0.445 e. The summed E-state index contributed by atoms with van der Waals surface area (Å²) >= 11 is 0. The van der Waals surface area contributed by atoms with Crippen LogP contribution in [-0.4, -0.2) is 25.3 Å². The Labute approximate surface area is 138 Å². The Bertz CT molecular complexity index is 509. The van der Waals surface area contributed by atoms with E-state index in [1.54, 1.807) is 18.2 Å². The minimum atomic E-state index is -0.346. The molecule has 4 aliphatic carbocycles. The van der Waals surface area contributed by atoms with Gasteiger partial charge in [0.25, 0.3) is 0 Å². The van der Waals surface area contributed by atoms with E-state index in [9.17, 15) is 4.79 Å². The number of alkyl carbamates (subject to hydrolysis) is 1. The molecule has 4 bridgehead atoms. The second-order valence-electron chi connectivity index (χ2n) is 7.66. The molecule has 0 spiro atoms. The van der Waals surface area contributed by atoms with Gasteiger partial charge in [0.05, 0.1) is 0 Å². The molecule has 23 heavy (non-hydrogen) atoms. The van der Waals surface area contributed by atoms with Crippen molar-refractivity contribution in [1.29, 1.82) is 0 Å². The van der Waals surface area contributed by atoms with Crippen LogP contribution in [0.3, 0.4) is 0 Å². The summed E-state index contributed by atoms with van der Waals surface area (Å²) in [4.78, 5) is 12.0. The van der Waals surface area contributed by atoms with Gasteiger partial charge >= 0.3 is 6.09 Å². The van der Waals surface area contributed by atoms with E-state index in [1.807, 2.05) is 0 Å². The van der Waals surface area contributed by atoms with E-state index in [1.165, 1.54) is 19.3 Å². The monoisotopic (exact) mass is 316 g/mol. The molecular weight excluding hydrogens is 288 g/mol. The Hall–Kier alpha value is -1.55. The van der Waals surface area contributed by atoms with Crippen molar-refractivity contribution in [2.45, 2.75) is 38.1 Å². The van der Waals surface area contributed by atoms with E-state index in [-0.39, 0.29) is 18.1 Å². The van der Waals surface area contributed by atoms with Crippen LogP contribution in [0.5, 0.6) is 0 Å². The number of rotatable bonds is 6. The lowest BCUT2D eigenvalue weighted by molar-refractivity contribution is -0.0648. The van der Waals surface area contributed by atoms with Crippen LogP contribution >= 0.6 is 0 Å². The van der Waals surface area contributed by atoms with Gasteiger partial charge in [0.15, 0.2) is 0 Å². The normalized spacial score (nSPS) is 38.2. The summed E-state index contributed by atoms with van der Waals surface area (Å²) in [5.74, 6) is 2.12. The van der Waals surface area contributed by atoms with Crippen molar-refractivity contribution in [3.63, 3.8) is 0 Å². The lowest BCUT2D eigenvalue weighted by Gasteiger charge is -2.59. The largest absolute Gasteiger partial charge is 0.445 e. The number of carbonyl (C=O) groups excluding carboxylic acids is 1. The Morgan fingerprint density at radius 2 is 1.96 bits per heavy atom. The summed E-state index contributed by atoms with van der Waals surface area (Å²) in [6.45, 7) is 8.28. The van der Waals surface area contributed by atoms with Gasteiger partial charge in [-0.25, -0.2) is 4.79 Å². The van der Waals surface area contributed by atoms with Gasteiger partial charge in [-0.2, -0.15) is 0 Å². The fourth-order valence-corrected chi connectivity index (χ4v) is 5.23. The fraction of sp³-hybridized carbons (Fsp3) is 0.632. The molecule has 126 valence electrons. The maximum Gasteiger partial charge on any atom is 0.407 e. The summed E-state index contributed by atoms with van der Waals surface area (Å²) in [6.07, 6.45) is 10.9. The van der Waals surface area contributed by atoms with E-state index in [0.29, 0.717) is 17.9 Å². The molecule has 4 aliphatic rings. The van der Waals surface area contributed by atoms with Gasteiger partial charge in [-0.1, -0.05) is 31.4 Å². The molecule has 0 aromatic heterocycles. The fourth-order valence-electron chi connectivity index (χ4n) is 5.23. The van der Waals surface area contributed by atoms with Crippen molar-refractivity contribution in [2.75, 3.05) is 13.2 Å². The lowest BCUT2D eigenvalue weighted by Crippen LogP contribution is -2.59. The Morgan fingerprint density at radius 3 is 2.57 bits per heavy atom. The molecule has 4 nitrogen and oxygen atoms in total. The first-order valence-electron chi connectivity index (χ1n) is 8.65. The molecule has 0 saturated heterocycles. The summed E-state index contributed by atoms with van der Waals surface area (Å²) < 4.78 is 5.27. The molecule has 0 aliphatic heterocycles. The number of hydrogen-bond donors (Lipinski definition) is 2. The van der Waals surface area contributed by atoms with Crippen LogP contribution in [0.2, 0.25) is 0 Å². The Morgan fingerprint density at radius 1 is 1.26 bits per heavy atom. The predicted octanol–water partition coefficient (Wildman–Crippen LogP) is 3.16. The zero-order chi connectivity index (χ0) is 16.4. The van der Waals surface area contributed by atoms with Crippen LogP contribution in [0.4, 0.5) is 4.79 Å². The van der Waals surface area contributed by atoms with Crippen LogP contribution in [0.15, 0.2) is 37.0 Å². The molecule has 2 atom stereocenters. The van der Waals surface area contributed by atoms with Crippen molar-refractivity contribution < 1.29 is 9.53 Å². The SMILES string of the molecule is C=C/C=C(\C=C)COC(=O)NCC12CC3CC(C1)C(N)C(C3)C2. The van der Waals surface area contributed by atoms with E-state index in [4.69, 9.17) is 10.5 Å². The molecule has 3 N–H and O–H groups in total. The highest BCUT2D eigenvalue weighted by molar-refractivity contribution is 5.67. The molecule has 0 aromatic carbocycles. The highest BCUT2D eigenvalue weighted by Gasteiger charge is 2.54. The average Bonchev–Trinajstić information content (AvgIpc) is 2.53. The second kappa shape index (κ2) is 6.52. The van der Waals surface area contributed by atoms with Crippen molar-refractivity contribution in [1.82, 2.24) is 5.32 Å². The maximum atomic E-state index is 12.0. The third kappa shape index (κ3) is 3.37. The first kappa shape index (κ1) is 16.3. The van der Waals surface area contributed by atoms with Crippen molar-refractivity contribution in [3.8, 4) is 0 Å². The van der Waals surface area contributed by atoms with E-state index in [2.05, 4.69) is 18.5 Å². The van der Waals surface area contributed by atoms with Crippen LogP contribution in [0, 0.1) is 23.2 Å². The maximum absolute atomic E-state index is 12.0. The Kier molecular flexibility index (Phi) is 4.62. The summed E-state index contributed by atoms with van der Waals surface area (Å²) in [7, 11) is 0. The van der Waals surface area contributed by atoms with Gasteiger partial charge in [0.1, 0.15) is 6.61 Å². The first-order valence-corrected chi connectivity index (χ1v) is 8.65. The number of carbonyl (C=O) groups is 1. The summed E-state index contributed by atoms with van der Waals surface area (Å²) in [5.41, 5.74) is 7.47. The topological polar surface area (TPSA) is 64.3 Å². The van der Waals surface area contributed by atoms with Crippen LogP contribution in [-0.2, 0) is 4.74 Å². The van der Waals surface area contributed by atoms with E-state index < -0.39 is 0 Å². The zero-order valence-electron chi connectivity index (χ0n) is 13.8. The van der Waals surface area contributed by atoms with Crippen LogP contribution < -0.4 is 11.1 Å². The lowest BCUT2D eigenvalue weighted by atomic mass is 9.48.